The monoisotopic (exact) mass is 383 g/mol. The molecule has 2 heterocycles. The number of carbonyl (C=O) groups is 1. The summed E-state index contributed by atoms with van der Waals surface area (Å²) < 4.78 is 0. The van der Waals surface area contributed by atoms with E-state index < -0.39 is 0 Å². The van der Waals surface area contributed by atoms with Gasteiger partial charge in [-0.25, -0.2) is 9.97 Å². The van der Waals surface area contributed by atoms with E-state index in [0.29, 0.717) is 5.91 Å². The molecule has 152 valence electrons. The highest BCUT2D eigenvalue weighted by Crippen LogP contribution is 2.60. The summed E-state index contributed by atoms with van der Waals surface area (Å²) >= 11 is 0. The maximum atomic E-state index is 13.2. The first-order chi connectivity index (χ1) is 13.6. The molecule has 0 aromatic carbocycles. The minimum Gasteiger partial charge on any atom is -0.352 e. The van der Waals surface area contributed by atoms with Crippen molar-refractivity contribution in [2.45, 2.75) is 51.5 Å². The Morgan fingerprint density at radius 2 is 1.64 bits per heavy atom. The zero-order valence-corrected chi connectivity index (χ0v) is 17.0. The van der Waals surface area contributed by atoms with E-state index in [1.165, 1.54) is 19.3 Å². The van der Waals surface area contributed by atoms with Crippen LogP contribution in [0, 0.1) is 23.2 Å². The lowest BCUT2D eigenvalue weighted by atomic mass is 9.49. The Labute approximate surface area is 168 Å². The van der Waals surface area contributed by atoms with Gasteiger partial charge in [0.15, 0.2) is 0 Å². The number of anilines is 1. The summed E-state index contributed by atoms with van der Waals surface area (Å²) in [6.07, 6.45) is 11.2. The van der Waals surface area contributed by atoms with Crippen molar-refractivity contribution in [2.75, 3.05) is 37.6 Å². The van der Waals surface area contributed by atoms with Crippen molar-refractivity contribution in [3.8, 4) is 0 Å². The van der Waals surface area contributed by atoms with Gasteiger partial charge in [0.05, 0.1) is 0 Å². The fraction of sp³-hybridized carbons (Fsp3) is 0.773. The van der Waals surface area contributed by atoms with Gasteiger partial charge < -0.3 is 10.2 Å². The number of hydrogen-bond donors (Lipinski definition) is 1. The van der Waals surface area contributed by atoms with Gasteiger partial charge in [-0.2, -0.15) is 0 Å². The zero-order valence-electron chi connectivity index (χ0n) is 17.0. The predicted molar refractivity (Wildman–Crippen MR) is 109 cm³/mol. The molecular weight excluding hydrogens is 350 g/mol. The van der Waals surface area contributed by atoms with Crippen molar-refractivity contribution in [1.82, 2.24) is 20.2 Å². The van der Waals surface area contributed by atoms with E-state index >= 15 is 0 Å². The molecule has 1 saturated heterocycles. The smallest absolute Gasteiger partial charge is 0.226 e. The average molecular weight is 384 g/mol. The first-order valence-electron chi connectivity index (χ1n) is 11.1. The molecule has 6 rings (SSSR count). The minimum atomic E-state index is -0.0354. The van der Waals surface area contributed by atoms with Gasteiger partial charge in [-0.3, -0.25) is 9.69 Å². The fourth-order valence-corrected chi connectivity index (χ4v) is 6.78. The Hall–Kier alpha value is -1.69. The summed E-state index contributed by atoms with van der Waals surface area (Å²) in [5.41, 5.74) is -0.0354. The summed E-state index contributed by atoms with van der Waals surface area (Å²) in [6.45, 7) is 6.98. The molecule has 1 aromatic heterocycles. The molecule has 1 aromatic rings. The van der Waals surface area contributed by atoms with Gasteiger partial charge in [0.1, 0.15) is 0 Å². The number of nitrogens with zero attached hydrogens (tertiary/aromatic N) is 4. The largest absolute Gasteiger partial charge is 0.352 e. The lowest BCUT2D eigenvalue weighted by molar-refractivity contribution is -0.147. The molecule has 6 nitrogen and oxygen atoms in total. The second-order valence-corrected chi connectivity index (χ2v) is 9.91. The van der Waals surface area contributed by atoms with E-state index in [1.54, 1.807) is 12.4 Å². The minimum absolute atomic E-state index is 0.0354. The van der Waals surface area contributed by atoms with E-state index in [-0.39, 0.29) is 11.5 Å². The number of nitrogens with one attached hydrogen (secondary N) is 1. The Balaban J connectivity index is 1.12. The molecule has 0 unspecified atom stereocenters. The molecule has 4 saturated carbocycles. The second kappa shape index (κ2) is 7.29. The van der Waals surface area contributed by atoms with Crippen molar-refractivity contribution in [1.29, 1.82) is 0 Å². The normalized spacial score (nSPS) is 35.8. The van der Waals surface area contributed by atoms with Crippen LogP contribution in [0.15, 0.2) is 18.5 Å². The number of piperazine rings is 1. The van der Waals surface area contributed by atoms with Crippen LogP contribution < -0.4 is 10.2 Å². The molecule has 1 atom stereocenters. The molecule has 1 aliphatic heterocycles. The van der Waals surface area contributed by atoms with Crippen LogP contribution in [0.3, 0.4) is 0 Å². The molecule has 1 N–H and O–H groups in total. The quantitative estimate of drug-likeness (QED) is 0.846. The molecule has 1 amide bonds. The fourth-order valence-electron chi connectivity index (χ4n) is 6.78. The average Bonchev–Trinajstić information content (AvgIpc) is 2.68. The summed E-state index contributed by atoms with van der Waals surface area (Å²) in [6, 6.07) is 2.06. The molecule has 5 aliphatic rings. The third kappa shape index (κ3) is 3.51. The van der Waals surface area contributed by atoms with Crippen molar-refractivity contribution < 1.29 is 4.79 Å². The highest BCUT2D eigenvalue weighted by atomic mass is 16.2. The Morgan fingerprint density at radius 1 is 1.07 bits per heavy atom. The maximum Gasteiger partial charge on any atom is 0.226 e. The maximum absolute atomic E-state index is 13.2. The van der Waals surface area contributed by atoms with Crippen LogP contribution in [0.5, 0.6) is 0 Å². The van der Waals surface area contributed by atoms with Gasteiger partial charge in [-0.1, -0.05) is 0 Å². The first-order valence-corrected chi connectivity index (χ1v) is 11.1. The molecule has 0 spiro atoms. The van der Waals surface area contributed by atoms with Crippen molar-refractivity contribution in [3.63, 3.8) is 0 Å². The van der Waals surface area contributed by atoms with Crippen molar-refractivity contribution >= 4 is 11.9 Å². The van der Waals surface area contributed by atoms with E-state index in [1.807, 2.05) is 6.07 Å². The molecule has 4 bridgehead atoms. The van der Waals surface area contributed by atoms with Crippen LogP contribution in [0.25, 0.3) is 0 Å². The number of aromatic nitrogens is 2. The summed E-state index contributed by atoms with van der Waals surface area (Å²) in [5, 5.41) is 3.41. The number of carbonyl (C=O) groups excluding carboxylic acids is 1. The van der Waals surface area contributed by atoms with Gasteiger partial charge >= 0.3 is 0 Å². The van der Waals surface area contributed by atoms with Gasteiger partial charge in [0.2, 0.25) is 11.9 Å². The summed E-state index contributed by atoms with van der Waals surface area (Å²) in [4.78, 5) is 26.7. The van der Waals surface area contributed by atoms with Crippen molar-refractivity contribution in [2.24, 2.45) is 23.2 Å². The number of amides is 1. The second-order valence-electron chi connectivity index (χ2n) is 9.91. The van der Waals surface area contributed by atoms with E-state index in [2.05, 4.69) is 32.0 Å². The van der Waals surface area contributed by atoms with E-state index in [4.69, 9.17) is 0 Å². The van der Waals surface area contributed by atoms with Crippen LogP contribution in [-0.2, 0) is 4.79 Å². The topological polar surface area (TPSA) is 61.4 Å². The highest BCUT2D eigenvalue weighted by molar-refractivity contribution is 5.83. The zero-order chi connectivity index (χ0) is 19.1. The standard InChI is InChI=1S/C22H33N5O/c1-16(15-26-5-7-27(8-6-26)21-23-3-2-4-24-21)25-20(28)22-12-17-9-18(13-22)11-19(10-17)14-22/h2-4,16-19H,5-15H2,1H3,(H,25,28)/t16-,17?,18?,19?,22?/m1/s1. The van der Waals surface area contributed by atoms with E-state index in [0.717, 1.165) is 75.7 Å². The third-order valence-electron chi connectivity index (χ3n) is 7.64. The van der Waals surface area contributed by atoms with Crippen LogP contribution >= 0.6 is 0 Å². The van der Waals surface area contributed by atoms with Crippen LogP contribution in [0.2, 0.25) is 0 Å². The number of rotatable bonds is 5. The number of hydrogen-bond acceptors (Lipinski definition) is 5. The molecular formula is C22H33N5O. The van der Waals surface area contributed by atoms with Crippen LogP contribution in [0.1, 0.15) is 45.4 Å². The molecule has 5 fully saturated rings. The third-order valence-corrected chi connectivity index (χ3v) is 7.64. The molecule has 4 aliphatic carbocycles. The van der Waals surface area contributed by atoms with Crippen molar-refractivity contribution in [3.05, 3.63) is 18.5 Å². The summed E-state index contributed by atoms with van der Waals surface area (Å²) in [7, 11) is 0. The van der Waals surface area contributed by atoms with Gasteiger partial charge in [0.25, 0.3) is 0 Å². The molecule has 0 radical (unpaired) electrons. The Kier molecular flexibility index (Phi) is 4.77. The molecule has 6 heteroatoms. The molecule has 28 heavy (non-hydrogen) atoms. The van der Waals surface area contributed by atoms with Gasteiger partial charge in [0, 0.05) is 56.6 Å². The van der Waals surface area contributed by atoms with Crippen LogP contribution in [0.4, 0.5) is 5.95 Å². The van der Waals surface area contributed by atoms with Crippen LogP contribution in [-0.4, -0.2) is 59.5 Å². The predicted octanol–water partition coefficient (Wildman–Crippen LogP) is 2.32. The SMILES string of the molecule is C[C@H](CN1CCN(c2ncccn2)CC1)NC(=O)C12CC3CC(CC(C3)C1)C2. The lowest BCUT2D eigenvalue weighted by Gasteiger charge is -2.55. The van der Waals surface area contributed by atoms with Gasteiger partial charge in [-0.15, -0.1) is 0 Å². The Bertz CT molecular complexity index is 665. The summed E-state index contributed by atoms with van der Waals surface area (Å²) in [5.74, 6) is 3.64. The Morgan fingerprint density at radius 3 is 2.21 bits per heavy atom. The lowest BCUT2D eigenvalue weighted by Crippen LogP contribution is -2.57. The van der Waals surface area contributed by atoms with Gasteiger partial charge in [-0.05, 0) is 69.3 Å². The van der Waals surface area contributed by atoms with E-state index in [9.17, 15) is 4.79 Å². The highest BCUT2D eigenvalue weighted by Gasteiger charge is 2.54. The first kappa shape index (κ1) is 18.3.